The zero-order valence-corrected chi connectivity index (χ0v) is 6.13. The highest BCUT2D eigenvalue weighted by atomic mass is 19.3. The van der Waals surface area contributed by atoms with Gasteiger partial charge < -0.3 is 5.11 Å². The van der Waals surface area contributed by atoms with Gasteiger partial charge in [-0.15, -0.1) is 0 Å². The Bertz CT molecular complexity index is 373. The van der Waals surface area contributed by atoms with E-state index in [1.165, 1.54) is 6.07 Å². The van der Waals surface area contributed by atoms with Gasteiger partial charge in [-0.1, -0.05) is 0 Å². The number of aromatic nitrogens is 1. The largest absolute Gasteiger partial charge is 0.506 e. The number of hydrogen-bond donors (Lipinski definition) is 1. The summed E-state index contributed by atoms with van der Waals surface area (Å²) in [5.41, 5.74) is -1.94. The smallest absolute Gasteiger partial charge is 0.270 e. The minimum absolute atomic E-state index is 0.614. The summed E-state index contributed by atoms with van der Waals surface area (Å²) in [5.74, 6) is -2.43. The van der Waals surface area contributed by atoms with E-state index in [-0.39, 0.29) is 0 Å². The average Bonchev–Trinajstić information content (AvgIpc) is 2.04. The second-order valence-corrected chi connectivity index (χ2v) is 2.13. The van der Waals surface area contributed by atoms with E-state index in [9.17, 15) is 13.2 Å². The van der Waals surface area contributed by atoms with Gasteiger partial charge in [-0.2, -0.15) is 5.26 Å². The lowest BCUT2D eigenvalue weighted by Gasteiger charge is -2.04. The van der Waals surface area contributed by atoms with Crippen LogP contribution in [0.15, 0.2) is 6.20 Å². The molecule has 3 nitrogen and oxygen atoms in total. The van der Waals surface area contributed by atoms with Crippen LogP contribution in [0.25, 0.3) is 0 Å². The summed E-state index contributed by atoms with van der Waals surface area (Å²) >= 11 is 0. The first-order valence-electron chi connectivity index (χ1n) is 3.13. The van der Waals surface area contributed by atoms with Crippen molar-refractivity contribution >= 4 is 0 Å². The molecule has 1 heterocycles. The Morgan fingerprint density at radius 1 is 1.54 bits per heavy atom. The molecule has 13 heavy (non-hydrogen) atoms. The number of hydrogen-bond acceptors (Lipinski definition) is 3. The predicted molar refractivity (Wildman–Crippen MR) is 35.5 cm³/mol. The van der Waals surface area contributed by atoms with Crippen LogP contribution in [0.1, 0.15) is 17.7 Å². The highest BCUT2D eigenvalue weighted by Gasteiger charge is 2.22. The van der Waals surface area contributed by atoms with Crippen molar-refractivity contribution in [3.8, 4) is 11.8 Å². The molecule has 6 heteroatoms. The Kier molecular flexibility index (Phi) is 2.37. The fraction of sp³-hybridized carbons (Fsp3) is 0.143. The molecule has 0 saturated carbocycles. The van der Waals surface area contributed by atoms with E-state index in [4.69, 9.17) is 10.4 Å². The van der Waals surface area contributed by atoms with Crippen LogP contribution in [0.5, 0.6) is 5.75 Å². The van der Waals surface area contributed by atoms with Crippen molar-refractivity contribution in [3.63, 3.8) is 0 Å². The van der Waals surface area contributed by atoms with Crippen LogP contribution < -0.4 is 0 Å². The van der Waals surface area contributed by atoms with Crippen LogP contribution in [0, 0.1) is 17.1 Å². The molecule has 0 fully saturated rings. The Morgan fingerprint density at radius 2 is 2.15 bits per heavy atom. The molecule has 0 aliphatic heterocycles. The van der Waals surface area contributed by atoms with Crippen molar-refractivity contribution in [1.29, 1.82) is 5.26 Å². The summed E-state index contributed by atoms with van der Waals surface area (Å²) in [6, 6.07) is 1.29. The van der Waals surface area contributed by atoms with Gasteiger partial charge in [0.1, 0.15) is 11.8 Å². The normalized spacial score (nSPS) is 10.1. The van der Waals surface area contributed by atoms with Gasteiger partial charge in [0.25, 0.3) is 6.43 Å². The Hall–Kier alpha value is -1.77. The van der Waals surface area contributed by atoms with Crippen LogP contribution in [-0.2, 0) is 0 Å². The van der Waals surface area contributed by atoms with Crippen LogP contribution in [0.4, 0.5) is 13.2 Å². The molecule has 0 radical (unpaired) electrons. The molecule has 0 bridgehead atoms. The number of rotatable bonds is 1. The second kappa shape index (κ2) is 3.31. The molecule has 0 aliphatic carbocycles. The molecule has 1 rings (SSSR count). The standard InChI is InChI=1S/C7H3F3N2O/c8-6-3(1-11)12-2-4(13)5(6)7(9)10/h2,7,13H. The summed E-state index contributed by atoms with van der Waals surface area (Å²) in [6.45, 7) is 0. The second-order valence-electron chi connectivity index (χ2n) is 2.13. The molecule has 0 aromatic carbocycles. The number of aromatic hydroxyl groups is 1. The quantitative estimate of drug-likeness (QED) is 0.730. The highest BCUT2D eigenvalue weighted by Crippen LogP contribution is 2.30. The van der Waals surface area contributed by atoms with E-state index in [0.29, 0.717) is 6.20 Å². The van der Waals surface area contributed by atoms with Gasteiger partial charge in [-0.3, -0.25) is 0 Å². The Morgan fingerprint density at radius 3 is 2.62 bits per heavy atom. The van der Waals surface area contributed by atoms with Gasteiger partial charge in [-0.25, -0.2) is 18.2 Å². The first-order valence-corrected chi connectivity index (χ1v) is 3.13. The third-order valence-electron chi connectivity index (χ3n) is 1.36. The van der Waals surface area contributed by atoms with E-state index >= 15 is 0 Å². The maximum atomic E-state index is 12.9. The van der Waals surface area contributed by atoms with Crippen molar-refractivity contribution in [3.05, 3.63) is 23.3 Å². The molecular formula is C7H3F3N2O. The summed E-state index contributed by atoms with van der Waals surface area (Å²) in [6.07, 6.45) is -2.56. The summed E-state index contributed by atoms with van der Waals surface area (Å²) < 4.78 is 37.0. The molecule has 0 spiro atoms. The van der Waals surface area contributed by atoms with Crippen molar-refractivity contribution in [2.75, 3.05) is 0 Å². The SMILES string of the molecule is N#Cc1ncc(O)c(C(F)F)c1F. The first kappa shape index (κ1) is 9.32. The van der Waals surface area contributed by atoms with Gasteiger partial charge in [0.2, 0.25) is 0 Å². The average molecular weight is 188 g/mol. The summed E-state index contributed by atoms with van der Waals surface area (Å²) in [4.78, 5) is 3.12. The number of halogens is 3. The molecule has 1 N–H and O–H groups in total. The molecule has 0 amide bonds. The third kappa shape index (κ3) is 1.54. The molecule has 0 unspecified atom stereocenters. The third-order valence-corrected chi connectivity index (χ3v) is 1.36. The lowest BCUT2D eigenvalue weighted by molar-refractivity contribution is 0.142. The van der Waals surface area contributed by atoms with E-state index in [0.717, 1.165) is 0 Å². The molecule has 0 atom stereocenters. The Balaban J connectivity index is 3.41. The van der Waals surface area contributed by atoms with Crippen molar-refractivity contribution in [1.82, 2.24) is 4.98 Å². The zero-order chi connectivity index (χ0) is 10.0. The van der Waals surface area contributed by atoms with Gasteiger partial charge in [0.15, 0.2) is 11.5 Å². The molecule has 68 valence electrons. The van der Waals surface area contributed by atoms with Gasteiger partial charge in [-0.05, 0) is 0 Å². The minimum atomic E-state index is -3.17. The highest BCUT2D eigenvalue weighted by molar-refractivity contribution is 5.38. The van der Waals surface area contributed by atoms with Gasteiger partial charge in [0.05, 0.1) is 11.8 Å². The lowest BCUT2D eigenvalue weighted by Crippen LogP contribution is -1.97. The summed E-state index contributed by atoms with van der Waals surface area (Å²) in [7, 11) is 0. The number of alkyl halides is 2. The first-order chi connectivity index (χ1) is 6.07. The lowest BCUT2D eigenvalue weighted by atomic mass is 10.2. The molecular weight excluding hydrogens is 185 g/mol. The van der Waals surface area contributed by atoms with Gasteiger partial charge >= 0.3 is 0 Å². The van der Waals surface area contributed by atoms with Crippen molar-refractivity contribution in [2.24, 2.45) is 0 Å². The van der Waals surface area contributed by atoms with E-state index in [1.807, 2.05) is 0 Å². The predicted octanol–water partition coefficient (Wildman–Crippen LogP) is 1.74. The maximum absolute atomic E-state index is 12.9. The minimum Gasteiger partial charge on any atom is -0.506 e. The number of pyridine rings is 1. The molecule has 1 aromatic heterocycles. The number of nitriles is 1. The van der Waals surface area contributed by atoms with Crippen LogP contribution >= 0.6 is 0 Å². The van der Waals surface area contributed by atoms with E-state index < -0.39 is 29.2 Å². The van der Waals surface area contributed by atoms with E-state index in [1.54, 1.807) is 0 Å². The van der Waals surface area contributed by atoms with Crippen LogP contribution in [-0.4, -0.2) is 10.1 Å². The maximum Gasteiger partial charge on any atom is 0.270 e. The summed E-state index contributed by atoms with van der Waals surface area (Å²) in [5, 5.41) is 17.0. The van der Waals surface area contributed by atoms with Gasteiger partial charge in [0, 0.05) is 0 Å². The zero-order valence-electron chi connectivity index (χ0n) is 6.13. The monoisotopic (exact) mass is 188 g/mol. The van der Waals surface area contributed by atoms with Crippen molar-refractivity contribution in [2.45, 2.75) is 6.43 Å². The fourth-order valence-corrected chi connectivity index (χ4v) is 0.777. The molecule has 0 aliphatic rings. The Labute approximate surface area is 71.1 Å². The molecule has 0 saturated heterocycles. The van der Waals surface area contributed by atoms with Crippen LogP contribution in [0.2, 0.25) is 0 Å². The fourth-order valence-electron chi connectivity index (χ4n) is 0.777. The van der Waals surface area contributed by atoms with Crippen LogP contribution in [0.3, 0.4) is 0 Å². The topological polar surface area (TPSA) is 56.9 Å². The molecule has 1 aromatic rings. The van der Waals surface area contributed by atoms with Crippen molar-refractivity contribution < 1.29 is 18.3 Å². The number of nitrogens with zero attached hydrogens (tertiary/aromatic N) is 2. The van der Waals surface area contributed by atoms with E-state index in [2.05, 4.69) is 4.98 Å².